The number of rotatable bonds is 5. The lowest BCUT2D eigenvalue weighted by Gasteiger charge is -2.06. The van der Waals surface area contributed by atoms with E-state index in [9.17, 15) is 4.79 Å². The van der Waals surface area contributed by atoms with Crippen LogP contribution in [-0.4, -0.2) is 31.5 Å². The van der Waals surface area contributed by atoms with Crippen molar-refractivity contribution < 1.29 is 4.74 Å². The van der Waals surface area contributed by atoms with Crippen molar-refractivity contribution in [3.8, 4) is 34.1 Å². The van der Waals surface area contributed by atoms with Gasteiger partial charge in [0.2, 0.25) is 4.96 Å². The first-order valence-electron chi connectivity index (χ1n) is 11.6. The van der Waals surface area contributed by atoms with Gasteiger partial charge in [-0.1, -0.05) is 52.7 Å². The van der Waals surface area contributed by atoms with Gasteiger partial charge in [0.25, 0.3) is 5.56 Å². The minimum atomic E-state index is -0.266. The second-order valence-electron chi connectivity index (χ2n) is 8.57. The molecule has 0 atom stereocenters. The topological polar surface area (TPSA) is 74.3 Å². The van der Waals surface area contributed by atoms with E-state index in [1.165, 1.54) is 15.9 Å². The van der Waals surface area contributed by atoms with Crippen molar-refractivity contribution in [3.63, 3.8) is 0 Å². The molecule has 10 heteroatoms. The van der Waals surface area contributed by atoms with E-state index in [4.69, 9.17) is 33.0 Å². The molecule has 0 saturated heterocycles. The van der Waals surface area contributed by atoms with Crippen molar-refractivity contribution in [2.45, 2.75) is 6.92 Å². The molecule has 0 unspecified atom stereocenters. The number of para-hydroxylation sites is 1. The SMILES string of the molecule is COc1ccc(-c2nn(-c3ccccc3)cc2C=c2sc3nc(-c4ccc(Cl)cc4Cl)nn3c2=O)cc1C. The van der Waals surface area contributed by atoms with Crippen LogP contribution in [0.1, 0.15) is 11.1 Å². The molecule has 0 spiro atoms. The molecule has 7 nitrogen and oxygen atoms in total. The summed E-state index contributed by atoms with van der Waals surface area (Å²) in [7, 11) is 1.65. The highest BCUT2D eigenvalue weighted by Gasteiger charge is 2.17. The molecule has 0 aliphatic carbocycles. The predicted octanol–water partition coefficient (Wildman–Crippen LogP) is 5.84. The maximum atomic E-state index is 13.3. The van der Waals surface area contributed by atoms with E-state index < -0.39 is 0 Å². The molecule has 0 N–H and O–H groups in total. The molecule has 0 aliphatic rings. The van der Waals surface area contributed by atoms with E-state index in [-0.39, 0.29) is 5.56 Å². The van der Waals surface area contributed by atoms with E-state index in [1.54, 1.807) is 25.3 Å². The molecule has 38 heavy (non-hydrogen) atoms. The number of ether oxygens (including phenoxy) is 1. The largest absolute Gasteiger partial charge is 0.496 e. The van der Waals surface area contributed by atoms with E-state index in [2.05, 4.69) is 10.1 Å². The normalized spacial score (nSPS) is 11.9. The number of aryl methyl sites for hydroxylation is 1. The minimum absolute atomic E-state index is 0.266. The van der Waals surface area contributed by atoms with Crippen LogP contribution in [-0.2, 0) is 0 Å². The van der Waals surface area contributed by atoms with Crippen LogP contribution in [0.2, 0.25) is 10.0 Å². The number of fused-ring (bicyclic) bond motifs is 1. The fraction of sp³-hybridized carbons (Fsp3) is 0.0714. The number of methoxy groups -OCH3 is 1. The van der Waals surface area contributed by atoms with Crippen LogP contribution in [0.15, 0.2) is 77.7 Å². The van der Waals surface area contributed by atoms with Gasteiger partial charge in [-0.3, -0.25) is 4.79 Å². The van der Waals surface area contributed by atoms with Crippen molar-refractivity contribution in [2.75, 3.05) is 7.11 Å². The highest BCUT2D eigenvalue weighted by molar-refractivity contribution is 7.15. The van der Waals surface area contributed by atoms with Crippen molar-refractivity contribution >= 4 is 45.6 Å². The number of aromatic nitrogens is 5. The van der Waals surface area contributed by atoms with Gasteiger partial charge in [-0.25, -0.2) is 4.68 Å². The Labute approximate surface area is 231 Å². The van der Waals surface area contributed by atoms with Gasteiger partial charge in [-0.2, -0.15) is 14.6 Å². The van der Waals surface area contributed by atoms with Crippen LogP contribution in [0.4, 0.5) is 0 Å². The second kappa shape index (κ2) is 9.72. The molecule has 0 bridgehead atoms. The Morgan fingerprint density at radius 3 is 2.53 bits per heavy atom. The van der Waals surface area contributed by atoms with E-state index in [0.29, 0.717) is 30.9 Å². The number of thiazole rings is 1. The molecule has 188 valence electrons. The summed E-state index contributed by atoms with van der Waals surface area (Å²) in [4.78, 5) is 18.3. The highest BCUT2D eigenvalue weighted by Crippen LogP contribution is 2.30. The zero-order chi connectivity index (χ0) is 26.4. The summed E-state index contributed by atoms with van der Waals surface area (Å²) >= 11 is 13.6. The Hall–Kier alpha value is -3.98. The maximum absolute atomic E-state index is 13.3. The first kappa shape index (κ1) is 24.4. The molecule has 6 aromatic rings. The molecule has 3 heterocycles. The van der Waals surface area contributed by atoms with Gasteiger partial charge < -0.3 is 4.74 Å². The molecular formula is C28H19Cl2N5O2S. The third-order valence-corrected chi connectivity index (χ3v) is 7.58. The van der Waals surface area contributed by atoms with Gasteiger partial charge in [0.1, 0.15) is 11.4 Å². The smallest absolute Gasteiger partial charge is 0.291 e. The molecule has 0 fully saturated rings. The Morgan fingerprint density at radius 1 is 1.00 bits per heavy atom. The third-order valence-electron chi connectivity index (χ3n) is 6.07. The summed E-state index contributed by atoms with van der Waals surface area (Å²) in [6.07, 6.45) is 3.75. The lowest BCUT2D eigenvalue weighted by molar-refractivity contribution is 0.412. The fourth-order valence-corrected chi connectivity index (χ4v) is 5.61. The van der Waals surface area contributed by atoms with Crippen LogP contribution in [0.25, 0.3) is 39.4 Å². The minimum Gasteiger partial charge on any atom is -0.496 e. The summed E-state index contributed by atoms with van der Waals surface area (Å²) in [5.74, 6) is 1.17. The lowest BCUT2D eigenvalue weighted by Crippen LogP contribution is -2.23. The predicted molar refractivity (Wildman–Crippen MR) is 152 cm³/mol. The molecule has 0 amide bonds. The first-order valence-corrected chi connectivity index (χ1v) is 13.2. The Balaban J connectivity index is 1.49. The Bertz CT molecular complexity index is 1930. The van der Waals surface area contributed by atoms with Crippen LogP contribution in [0, 0.1) is 6.92 Å². The van der Waals surface area contributed by atoms with Crippen molar-refractivity contribution in [3.05, 3.63) is 109 Å². The number of halogens is 2. The monoisotopic (exact) mass is 559 g/mol. The number of hydrogen-bond acceptors (Lipinski definition) is 6. The maximum Gasteiger partial charge on any atom is 0.291 e. The van der Waals surface area contributed by atoms with E-state index >= 15 is 0 Å². The molecule has 6 rings (SSSR count). The van der Waals surface area contributed by atoms with Crippen LogP contribution < -0.4 is 14.8 Å². The molecule has 3 aromatic carbocycles. The first-order chi connectivity index (χ1) is 18.4. The summed E-state index contributed by atoms with van der Waals surface area (Å²) < 4.78 is 9.03. The average Bonchev–Trinajstić information content (AvgIpc) is 3.60. The number of hydrogen-bond donors (Lipinski definition) is 0. The van der Waals surface area contributed by atoms with Gasteiger partial charge in [-0.15, -0.1) is 5.10 Å². The molecule has 3 aromatic heterocycles. The molecule has 0 saturated carbocycles. The van der Waals surface area contributed by atoms with Crippen molar-refractivity contribution in [2.24, 2.45) is 0 Å². The summed E-state index contributed by atoms with van der Waals surface area (Å²) in [5.41, 5.74) is 4.69. The Morgan fingerprint density at radius 2 is 1.82 bits per heavy atom. The van der Waals surface area contributed by atoms with Gasteiger partial charge >= 0.3 is 0 Å². The molecule has 0 aliphatic heterocycles. The second-order valence-corrected chi connectivity index (χ2v) is 10.4. The average molecular weight is 560 g/mol. The summed E-state index contributed by atoms with van der Waals surface area (Å²) in [5, 5.41) is 10.2. The van der Waals surface area contributed by atoms with E-state index in [0.717, 1.165) is 33.8 Å². The van der Waals surface area contributed by atoms with Gasteiger partial charge in [0.05, 0.1) is 22.4 Å². The third kappa shape index (κ3) is 4.36. The fourth-order valence-electron chi connectivity index (χ4n) is 4.22. The standard InChI is InChI=1S/C28H19Cl2N5O2S/c1-16-12-17(8-11-23(16)37-2)25-18(15-34(32-25)20-6-4-3-5-7-20)13-24-27(36)35-28(38-24)31-26(33-35)21-10-9-19(29)14-22(21)30/h3-15H,1-2H3. The molecular weight excluding hydrogens is 541 g/mol. The van der Waals surface area contributed by atoms with Crippen LogP contribution >= 0.6 is 34.5 Å². The van der Waals surface area contributed by atoms with Crippen LogP contribution in [0.3, 0.4) is 0 Å². The zero-order valence-corrected chi connectivity index (χ0v) is 22.6. The van der Waals surface area contributed by atoms with Crippen molar-refractivity contribution in [1.29, 1.82) is 0 Å². The zero-order valence-electron chi connectivity index (χ0n) is 20.2. The van der Waals surface area contributed by atoms with Crippen molar-refractivity contribution in [1.82, 2.24) is 24.4 Å². The molecule has 0 radical (unpaired) electrons. The van der Waals surface area contributed by atoms with Gasteiger partial charge in [0, 0.05) is 27.9 Å². The summed E-state index contributed by atoms with van der Waals surface area (Å²) in [6, 6.07) is 20.8. The van der Waals surface area contributed by atoms with Gasteiger partial charge in [-0.05, 0) is 67.1 Å². The lowest BCUT2D eigenvalue weighted by atomic mass is 10.0. The summed E-state index contributed by atoms with van der Waals surface area (Å²) in [6.45, 7) is 1.99. The highest BCUT2D eigenvalue weighted by atomic mass is 35.5. The van der Waals surface area contributed by atoms with Gasteiger partial charge in [0.15, 0.2) is 5.82 Å². The Kier molecular flexibility index (Phi) is 6.23. The quantitative estimate of drug-likeness (QED) is 0.265. The van der Waals surface area contributed by atoms with E-state index in [1.807, 2.05) is 72.4 Å². The van der Waals surface area contributed by atoms with Crippen LogP contribution in [0.5, 0.6) is 5.75 Å². The number of benzene rings is 3. The number of nitrogens with zero attached hydrogens (tertiary/aromatic N) is 5.